The van der Waals surface area contributed by atoms with Crippen LogP contribution in [0.1, 0.15) is 73.1 Å². The molecule has 0 bridgehead atoms. The first-order valence-electron chi connectivity index (χ1n) is 14.0. The van der Waals surface area contributed by atoms with E-state index in [9.17, 15) is 9.59 Å². The smallest absolute Gasteiger partial charge is 0.341 e. The zero-order valence-electron chi connectivity index (χ0n) is 23.6. The molecule has 202 valence electrons. The summed E-state index contributed by atoms with van der Waals surface area (Å²) in [6.07, 6.45) is 6.95. The van der Waals surface area contributed by atoms with Crippen molar-refractivity contribution in [2.24, 2.45) is 5.41 Å². The molecule has 1 saturated carbocycles. The number of carbonyl (C=O) groups is 2. The Hall–Kier alpha value is -2.76. The minimum Gasteiger partial charge on any atom is -0.462 e. The van der Waals surface area contributed by atoms with E-state index in [0.29, 0.717) is 13.0 Å². The van der Waals surface area contributed by atoms with Crippen molar-refractivity contribution < 1.29 is 18.8 Å². The van der Waals surface area contributed by atoms with Gasteiger partial charge in [-0.3, -0.25) is 4.79 Å². The molecule has 0 N–H and O–H groups in total. The largest absolute Gasteiger partial charge is 0.462 e. The molecule has 0 aromatic heterocycles. The maximum Gasteiger partial charge on any atom is 0.341 e. The molecule has 4 rings (SSSR count). The maximum absolute atomic E-state index is 13.3. The molecule has 0 heterocycles. The summed E-state index contributed by atoms with van der Waals surface area (Å²) in [6, 6.07) is 21.4. The number of ether oxygens (including phenoxy) is 1. The van der Waals surface area contributed by atoms with Crippen molar-refractivity contribution in [3.63, 3.8) is 0 Å². The van der Waals surface area contributed by atoms with E-state index in [1.165, 1.54) is 15.9 Å². The Labute approximate surface area is 229 Å². The molecule has 38 heavy (non-hydrogen) atoms. The van der Waals surface area contributed by atoms with Crippen molar-refractivity contribution in [1.29, 1.82) is 0 Å². The molecule has 4 nitrogen and oxygen atoms in total. The molecule has 1 atom stereocenters. The Bertz CT molecular complexity index is 1170. The Morgan fingerprint density at radius 2 is 1.61 bits per heavy atom. The maximum atomic E-state index is 13.3. The zero-order valence-corrected chi connectivity index (χ0v) is 24.6. The van der Waals surface area contributed by atoms with E-state index in [1.807, 2.05) is 6.92 Å². The van der Waals surface area contributed by atoms with Crippen molar-refractivity contribution in [3.05, 3.63) is 83.5 Å². The predicted molar refractivity (Wildman–Crippen MR) is 156 cm³/mol. The fourth-order valence-electron chi connectivity index (χ4n) is 6.76. The second kappa shape index (κ2) is 11.5. The van der Waals surface area contributed by atoms with Gasteiger partial charge in [0.2, 0.25) is 0 Å². The molecule has 5 heteroatoms. The van der Waals surface area contributed by atoms with E-state index in [2.05, 4.69) is 81.4 Å². The zero-order chi connectivity index (χ0) is 27.4. The van der Waals surface area contributed by atoms with Crippen molar-refractivity contribution in [1.82, 2.24) is 0 Å². The van der Waals surface area contributed by atoms with Crippen molar-refractivity contribution in [3.8, 4) is 0 Å². The molecule has 0 radical (unpaired) electrons. The van der Waals surface area contributed by atoms with Crippen LogP contribution in [0.4, 0.5) is 0 Å². The molecule has 0 spiro atoms. The lowest BCUT2D eigenvalue weighted by atomic mass is 9.73. The highest BCUT2D eigenvalue weighted by molar-refractivity contribution is 6.99. The lowest BCUT2D eigenvalue weighted by molar-refractivity contribution is -0.140. The van der Waals surface area contributed by atoms with E-state index in [0.717, 1.165) is 37.7 Å². The van der Waals surface area contributed by atoms with Gasteiger partial charge in [-0.15, -0.1) is 0 Å². The average Bonchev–Trinajstić information content (AvgIpc) is 3.26. The molecule has 0 amide bonds. The summed E-state index contributed by atoms with van der Waals surface area (Å²) in [6.45, 7) is 11.6. The first-order chi connectivity index (χ1) is 18.1. The van der Waals surface area contributed by atoms with Crippen molar-refractivity contribution in [2.45, 2.75) is 78.2 Å². The van der Waals surface area contributed by atoms with Gasteiger partial charge in [0.25, 0.3) is 8.32 Å². The van der Waals surface area contributed by atoms with Crippen LogP contribution in [0.25, 0.3) is 0 Å². The number of esters is 1. The van der Waals surface area contributed by atoms with Gasteiger partial charge in [-0.25, -0.2) is 4.79 Å². The molecule has 2 aliphatic rings. The van der Waals surface area contributed by atoms with Crippen LogP contribution >= 0.6 is 0 Å². The monoisotopic (exact) mass is 530 g/mol. The lowest BCUT2D eigenvalue weighted by Gasteiger charge is -2.43. The topological polar surface area (TPSA) is 52.6 Å². The van der Waals surface area contributed by atoms with Crippen LogP contribution in [0, 0.1) is 5.41 Å². The quantitative estimate of drug-likeness (QED) is 0.165. The molecule has 2 aliphatic carbocycles. The first kappa shape index (κ1) is 28.3. The van der Waals surface area contributed by atoms with Gasteiger partial charge in [0, 0.05) is 13.0 Å². The highest BCUT2D eigenvalue weighted by Gasteiger charge is 2.50. The number of hydrogen-bond donors (Lipinski definition) is 0. The van der Waals surface area contributed by atoms with Gasteiger partial charge < -0.3 is 9.16 Å². The number of hydrogen-bond acceptors (Lipinski definition) is 4. The fourth-order valence-corrected chi connectivity index (χ4v) is 11.4. The number of carbonyl (C=O) groups excluding carboxylic acids is 2. The molecule has 0 saturated heterocycles. The molecular formula is C33H42O4Si. The van der Waals surface area contributed by atoms with Crippen LogP contribution in [0.3, 0.4) is 0 Å². The number of benzene rings is 2. The van der Waals surface area contributed by atoms with E-state index in [4.69, 9.17) is 9.16 Å². The van der Waals surface area contributed by atoms with E-state index < -0.39 is 14.3 Å². The molecule has 0 aliphatic heterocycles. The Morgan fingerprint density at radius 1 is 1.00 bits per heavy atom. The highest BCUT2D eigenvalue weighted by atomic mass is 28.4. The summed E-state index contributed by atoms with van der Waals surface area (Å²) in [4.78, 5) is 25.8. The fraction of sp³-hybridized carbons (Fsp3) is 0.455. The Balaban J connectivity index is 1.58. The molecule has 1 fully saturated rings. The summed E-state index contributed by atoms with van der Waals surface area (Å²) < 4.78 is 12.3. The van der Waals surface area contributed by atoms with Crippen LogP contribution in [-0.2, 0) is 18.8 Å². The summed E-state index contributed by atoms with van der Waals surface area (Å²) in [7, 11) is -2.59. The number of Topliss-reactive ketones (excluding diaryl/α,β-unsaturated/α-hetero) is 1. The number of allylic oxidation sites excluding steroid dienone is 3. The summed E-state index contributed by atoms with van der Waals surface area (Å²) in [5.74, 6) is -0.588. The molecular weight excluding hydrogens is 488 g/mol. The molecule has 2 aromatic rings. The molecule has 0 unspecified atom stereocenters. The minimum atomic E-state index is -2.59. The van der Waals surface area contributed by atoms with Gasteiger partial charge in [-0.2, -0.15) is 0 Å². The number of fused-ring (bicyclic) bond motifs is 1. The first-order valence-corrected chi connectivity index (χ1v) is 15.9. The standard InChI is InChI=1S/C33H42O4Si/c1-6-36-31(35)28-23-25(2)29-19-13-20-33(29,24-30(28)34)21-14-22-37-38(32(3,4)5,26-15-9-7-10-16-26)27-17-11-8-12-18-27/h7-12,15-18,23H,6,13-14,19-22,24H2,1-5H3/t33-/m0/s1. The predicted octanol–water partition coefficient (Wildman–Crippen LogP) is 6.29. The van der Waals surface area contributed by atoms with Crippen LogP contribution < -0.4 is 10.4 Å². The third-order valence-corrected chi connectivity index (χ3v) is 13.4. The Morgan fingerprint density at radius 3 is 2.16 bits per heavy atom. The highest BCUT2D eigenvalue weighted by Crippen LogP contribution is 2.52. The van der Waals surface area contributed by atoms with E-state index >= 15 is 0 Å². The van der Waals surface area contributed by atoms with Gasteiger partial charge in [0.05, 0.1) is 6.61 Å². The van der Waals surface area contributed by atoms with Gasteiger partial charge in [-0.05, 0) is 72.9 Å². The van der Waals surface area contributed by atoms with Crippen LogP contribution in [-0.4, -0.2) is 33.3 Å². The summed E-state index contributed by atoms with van der Waals surface area (Å²) >= 11 is 0. The van der Waals surface area contributed by atoms with Crippen molar-refractivity contribution >= 4 is 30.4 Å². The van der Waals surface area contributed by atoms with Gasteiger partial charge in [0.15, 0.2) is 5.78 Å². The van der Waals surface area contributed by atoms with Gasteiger partial charge in [0.1, 0.15) is 5.57 Å². The summed E-state index contributed by atoms with van der Waals surface area (Å²) in [5.41, 5.74) is 2.41. The average molecular weight is 531 g/mol. The van der Waals surface area contributed by atoms with Crippen LogP contribution in [0.2, 0.25) is 5.04 Å². The summed E-state index contributed by atoms with van der Waals surface area (Å²) in [5, 5.41) is 2.49. The second-order valence-corrected chi connectivity index (χ2v) is 16.1. The minimum absolute atomic E-state index is 0.0697. The number of ketones is 1. The van der Waals surface area contributed by atoms with Crippen molar-refractivity contribution in [2.75, 3.05) is 13.2 Å². The van der Waals surface area contributed by atoms with Gasteiger partial charge >= 0.3 is 5.97 Å². The van der Waals surface area contributed by atoms with Gasteiger partial charge in [-0.1, -0.05) is 92.6 Å². The normalized spacial score (nSPS) is 20.1. The molecule has 2 aromatic carbocycles. The SMILES string of the molecule is CCOC(=O)C1=CC(C)=C2CCC[C@]2(CCCO[Si](c2ccccc2)(c2ccccc2)C(C)(C)C)CC1=O. The number of rotatable bonds is 9. The van der Waals surface area contributed by atoms with E-state index in [1.54, 1.807) is 13.0 Å². The second-order valence-electron chi connectivity index (χ2n) is 11.8. The third-order valence-electron chi connectivity index (χ3n) is 8.39. The third kappa shape index (κ3) is 5.37. The van der Waals surface area contributed by atoms with E-state index in [-0.39, 0.29) is 28.4 Å². The van der Waals surface area contributed by atoms with Crippen LogP contribution in [0.15, 0.2) is 83.5 Å². The Kier molecular flexibility index (Phi) is 8.58. The van der Waals surface area contributed by atoms with Crippen LogP contribution in [0.5, 0.6) is 0 Å². The lowest BCUT2D eigenvalue weighted by Crippen LogP contribution is -2.66.